The van der Waals surface area contributed by atoms with Gasteiger partial charge in [-0.15, -0.1) is 0 Å². The molecule has 0 radical (unpaired) electrons. The Balaban J connectivity index is 1.91. The predicted octanol–water partition coefficient (Wildman–Crippen LogP) is 2.23. The van der Waals surface area contributed by atoms with Crippen molar-refractivity contribution in [2.24, 2.45) is 0 Å². The molecule has 0 saturated heterocycles. The van der Waals surface area contributed by atoms with Crippen LogP contribution in [0.1, 0.15) is 30.3 Å². The van der Waals surface area contributed by atoms with Crippen LogP contribution in [0, 0.1) is 6.92 Å². The summed E-state index contributed by atoms with van der Waals surface area (Å²) in [5, 5.41) is 3.31. The molecular weight excluding hydrogens is 202 g/mol. The number of aryl methyl sites for hydroxylation is 1. The highest BCUT2D eigenvalue weighted by Crippen LogP contribution is 2.12. The lowest BCUT2D eigenvalue weighted by atomic mass is 10.3. The van der Waals surface area contributed by atoms with Crippen LogP contribution in [0.3, 0.4) is 0 Å². The van der Waals surface area contributed by atoms with Gasteiger partial charge in [0.05, 0.1) is 17.9 Å². The lowest BCUT2D eigenvalue weighted by Crippen LogP contribution is -2.18. The van der Waals surface area contributed by atoms with E-state index in [2.05, 4.69) is 15.3 Å². The summed E-state index contributed by atoms with van der Waals surface area (Å²) in [6.07, 6.45) is 3.52. The maximum absolute atomic E-state index is 5.44. The number of nitrogens with one attached hydrogen (secondary N) is 1. The number of rotatable bonds is 4. The molecular formula is C12H15N3O. The summed E-state index contributed by atoms with van der Waals surface area (Å²) >= 11 is 0. The second-order valence-corrected chi connectivity index (χ2v) is 3.73. The van der Waals surface area contributed by atoms with E-state index in [1.807, 2.05) is 32.0 Å². The Morgan fingerprint density at radius 1 is 1.38 bits per heavy atom. The van der Waals surface area contributed by atoms with E-state index in [1.54, 1.807) is 12.4 Å². The molecule has 4 nitrogen and oxygen atoms in total. The van der Waals surface area contributed by atoms with Gasteiger partial charge < -0.3 is 9.73 Å². The average molecular weight is 217 g/mol. The van der Waals surface area contributed by atoms with Crippen molar-refractivity contribution in [2.75, 3.05) is 0 Å². The van der Waals surface area contributed by atoms with Crippen LogP contribution in [0.25, 0.3) is 0 Å². The van der Waals surface area contributed by atoms with Gasteiger partial charge in [0, 0.05) is 12.7 Å². The first kappa shape index (κ1) is 10.8. The summed E-state index contributed by atoms with van der Waals surface area (Å²) in [5.74, 6) is 1.55. The van der Waals surface area contributed by atoms with Gasteiger partial charge in [0.25, 0.3) is 0 Å². The van der Waals surface area contributed by atoms with Crippen LogP contribution < -0.4 is 5.32 Å². The SMILES string of the molecule is Cc1cnc(C(C)NCc2ccccn2)o1. The second-order valence-electron chi connectivity index (χ2n) is 3.73. The molecule has 1 N–H and O–H groups in total. The van der Waals surface area contributed by atoms with Crippen LogP contribution >= 0.6 is 0 Å². The molecule has 0 aromatic carbocycles. The average Bonchev–Trinajstić information content (AvgIpc) is 2.74. The number of hydrogen-bond acceptors (Lipinski definition) is 4. The summed E-state index contributed by atoms with van der Waals surface area (Å²) in [5.41, 5.74) is 1.01. The van der Waals surface area contributed by atoms with E-state index in [-0.39, 0.29) is 6.04 Å². The molecule has 1 atom stereocenters. The Bertz CT molecular complexity index is 439. The van der Waals surface area contributed by atoms with Gasteiger partial charge >= 0.3 is 0 Å². The number of nitrogens with zero attached hydrogens (tertiary/aromatic N) is 2. The molecule has 0 saturated carbocycles. The zero-order valence-electron chi connectivity index (χ0n) is 9.47. The van der Waals surface area contributed by atoms with Gasteiger partial charge in [-0.3, -0.25) is 4.98 Å². The molecule has 0 fully saturated rings. The van der Waals surface area contributed by atoms with Gasteiger partial charge in [-0.1, -0.05) is 6.07 Å². The number of pyridine rings is 1. The molecule has 2 aromatic rings. The molecule has 4 heteroatoms. The van der Waals surface area contributed by atoms with Crippen LogP contribution in [0.15, 0.2) is 35.0 Å². The zero-order chi connectivity index (χ0) is 11.4. The van der Waals surface area contributed by atoms with Crippen molar-refractivity contribution in [2.45, 2.75) is 26.4 Å². The Kier molecular flexibility index (Phi) is 3.31. The Hall–Kier alpha value is -1.68. The monoisotopic (exact) mass is 217 g/mol. The van der Waals surface area contributed by atoms with Crippen LogP contribution in [-0.2, 0) is 6.54 Å². The minimum atomic E-state index is 0.0932. The lowest BCUT2D eigenvalue weighted by molar-refractivity contribution is 0.401. The summed E-state index contributed by atoms with van der Waals surface area (Å²) < 4.78 is 5.44. The fourth-order valence-electron chi connectivity index (χ4n) is 1.42. The summed E-state index contributed by atoms with van der Waals surface area (Å²) in [6, 6.07) is 5.96. The highest BCUT2D eigenvalue weighted by Gasteiger charge is 2.10. The third-order valence-electron chi connectivity index (χ3n) is 2.33. The number of aromatic nitrogens is 2. The van der Waals surface area contributed by atoms with Gasteiger partial charge in [-0.05, 0) is 26.0 Å². The highest BCUT2D eigenvalue weighted by molar-refractivity contribution is 5.04. The molecule has 0 spiro atoms. The lowest BCUT2D eigenvalue weighted by Gasteiger charge is -2.09. The van der Waals surface area contributed by atoms with Crippen LogP contribution in [0.5, 0.6) is 0 Å². The van der Waals surface area contributed by atoms with E-state index in [0.29, 0.717) is 12.4 Å². The quantitative estimate of drug-likeness (QED) is 0.853. The van der Waals surface area contributed by atoms with Crippen molar-refractivity contribution in [3.05, 3.63) is 47.9 Å². The number of hydrogen-bond donors (Lipinski definition) is 1. The predicted molar refractivity (Wildman–Crippen MR) is 60.7 cm³/mol. The fraction of sp³-hybridized carbons (Fsp3) is 0.333. The molecule has 0 aliphatic carbocycles. The van der Waals surface area contributed by atoms with Crippen molar-refractivity contribution in [3.63, 3.8) is 0 Å². The Labute approximate surface area is 94.7 Å². The highest BCUT2D eigenvalue weighted by atomic mass is 16.4. The topological polar surface area (TPSA) is 51.0 Å². The van der Waals surface area contributed by atoms with Crippen LogP contribution in [0.4, 0.5) is 0 Å². The molecule has 16 heavy (non-hydrogen) atoms. The zero-order valence-corrected chi connectivity index (χ0v) is 9.47. The largest absolute Gasteiger partial charge is 0.444 e. The van der Waals surface area contributed by atoms with Gasteiger partial charge in [0.15, 0.2) is 0 Å². The first-order valence-corrected chi connectivity index (χ1v) is 5.31. The summed E-state index contributed by atoms with van der Waals surface area (Å²) in [6.45, 7) is 4.62. The number of oxazole rings is 1. The van der Waals surface area contributed by atoms with Crippen molar-refractivity contribution in [1.82, 2.24) is 15.3 Å². The maximum Gasteiger partial charge on any atom is 0.211 e. The molecule has 2 aromatic heterocycles. The van der Waals surface area contributed by atoms with Crippen molar-refractivity contribution < 1.29 is 4.42 Å². The third-order valence-corrected chi connectivity index (χ3v) is 2.33. The molecule has 1 unspecified atom stereocenters. The van der Waals surface area contributed by atoms with E-state index in [4.69, 9.17) is 4.42 Å². The molecule has 0 bridgehead atoms. The minimum absolute atomic E-state index is 0.0932. The van der Waals surface area contributed by atoms with Crippen molar-refractivity contribution in [1.29, 1.82) is 0 Å². The van der Waals surface area contributed by atoms with E-state index >= 15 is 0 Å². The normalized spacial score (nSPS) is 12.6. The first-order valence-electron chi connectivity index (χ1n) is 5.31. The van der Waals surface area contributed by atoms with E-state index in [9.17, 15) is 0 Å². The van der Waals surface area contributed by atoms with Gasteiger partial charge in [0.1, 0.15) is 5.76 Å². The van der Waals surface area contributed by atoms with Crippen molar-refractivity contribution in [3.8, 4) is 0 Å². The molecule has 2 heterocycles. The van der Waals surface area contributed by atoms with Crippen molar-refractivity contribution >= 4 is 0 Å². The molecule has 0 amide bonds. The molecule has 2 rings (SSSR count). The van der Waals surface area contributed by atoms with Gasteiger partial charge in [-0.25, -0.2) is 4.98 Å². The smallest absolute Gasteiger partial charge is 0.211 e. The van der Waals surface area contributed by atoms with Gasteiger partial charge in [-0.2, -0.15) is 0 Å². The Morgan fingerprint density at radius 2 is 2.25 bits per heavy atom. The van der Waals surface area contributed by atoms with Crippen LogP contribution in [-0.4, -0.2) is 9.97 Å². The fourth-order valence-corrected chi connectivity index (χ4v) is 1.42. The van der Waals surface area contributed by atoms with Crippen LogP contribution in [0.2, 0.25) is 0 Å². The first-order chi connectivity index (χ1) is 7.75. The molecule has 84 valence electrons. The maximum atomic E-state index is 5.44. The summed E-state index contributed by atoms with van der Waals surface area (Å²) in [7, 11) is 0. The van der Waals surface area contributed by atoms with E-state index in [0.717, 1.165) is 11.5 Å². The standard InChI is InChI=1S/C12H15N3O/c1-9-7-15-12(16-9)10(2)14-8-11-5-3-4-6-13-11/h3-7,10,14H,8H2,1-2H3. The third kappa shape index (κ3) is 2.67. The van der Waals surface area contributed by atoms with Gasteiger partial charge in [0.2, 0.25) is 5.89 Å². The minimum Gasteiger partial charge on any atom is -0.444 e. The Morgan fingerprint density at radius 3 is 2.88 bits per heavy atom. The summed E-state index contributed by atoms with van der Waals surface area (Å²) in [4.78, 5) is 8.41. The van der Waals surface area contributed by atoms with E-state index < -0.39 is 0 Å². The van der Waals surface area contributed by atoms with E-state index in [1.165, 1.54) is 0 Å². The molecule has 0 aliphatic heterocycles. The molecule has 0 aliphatic rings. The second kappa shape index (κ2) is 4.90.